The molecule has 0 fully saturated rings. The van der Waals surface area contributed by atoms with E-state index in [2.05, 4.69) is 0 Å². The Kier molecular flexibility index (Phi) is 5.16. The van der Waals surface area contributed by atoms with Crippen molar-refractivity contribution in [3.8, 4) is 11.5 Å². The van der Waals surface area contributed by atoms with Crippen molar-refractivity contribution >= 4 is 23.2 Å². The summed E-state index contributed by atoms with van der Waals surface area (Å²) in [5, 5.41) is 11.3. The third-order valence-corrected chi connectivity index (χ3v) is 4.36. The Morgan fingerprint density at radius 1 is 1.25 bits per heavy atom. The molecule has 3 rings (SSSR count). The first-order valence-electron chi connectivity index (χ1n) is 8.44. The smallest absolute Gasteiger partial charge is 0.311 e. The van der Waals surface area contributed by atoms with Gasteiger partial charge in [-0.25, -0.2) is 0 Å². The summed E-state index contributed by atoms with van der Waals surface area (Å²) in [5.74, 6) is -0.305. The number of hydrogen-bond acceptors (Lipinski definition) is 6. The minimum atomic E-state index is -0.873. The maximum Gasteiger partial charge on any atom is 0.311 e. The first-order chi connectivity index (χ1) is 13.3. The van der Waals surface area contributed by atoms with E-state index in [0.717, 1.165) is 0 Å². The van der Waals surface area contributed by atoms with Gasteiger partial charge in [-0.3, -0.25) is 19.7 Å². The first-order valence-corrected chi connectivity index (χ1v) is 8.44. The van der Waals surface area contributed by atoms with Gasteiger partial charge in [0.2, 0.25) is 0 Å². The van der Waals surface area contributed by atoms with E-state index >= 15 is 0 Å². The van der Waals surface area contributed by atoms with Crippen molar-refractivity contribution in [2.45, 2.75) is 6.10 Å². The lowest BCUT2D eigenvalue weighted by Crippen LogP contribution is -2.50. The number of fused-ring (bicyclic) bond motifs is 1. The average Bonchev–Trinajstić information content (AvgIpc) is 2.71. The second-order valence-electron chi connectivity index (χ2n) is 6.37. The van der Waals surface area contributed by atoms with Gasteiger partial charge in [-0.1, -0.05) is 12.1 Å². The number of nitro groups is 1. The molecule has 9 nitrogen and oxygen atoms in total. The minimum absolute atomic E-state index is 0.00726. The van der Waals surface area contributed by atoms with Crippen LogP contribution in [-0.4, -0.2) is 55.5 Å². The highest BCUT2D eigenvalue weighted by Crippen LogP contribution is 2.35. The summed E-state index contributed by atoms with van der Waals surface area (Å²) in [5.41, 5.74) is 0.296. The van der Waals surface area contributed by atoms with Crippen molar-refractivity contribution in [2.75, 3.05) is 32.6 Å². The molecule has 2 aromatic rings. The second-order valence-corrected chi connectivity index (χ2v) is 6.37. The molecule has 0 saturated carbocycles. The Morgan fingerprint density at radius 3 is 2.61 bits per heavy atom. The highest BCUT2D eigenvalue weighted by Gasteiger charge is 2.35. The van der Waals surface area contributed by atoms with Crippen molar-refractivity contribution < 1.29 is 24.0 Å². The maximum absolute atomic E-state index is 13.2. The molecule has 0 aromatic heterocycles. The third kappa shape index (κ3) is 3.46. The predicted octanol–water partition coefficient (Wildman–Crippen LogP) is 2.10. The van der Waals surface area contributed by atoms with E-state index in [0.29, 0.717) is 11.4 Å². The number of methoxy groups -OCH3 is 1. The van der Waals surface area contributed by atoms with Crippen LogP contribution in [0.15, 0.2) is 42.5 Å². The number of carbonyl (C=O) groups excluding carboxylic acids is 2. The van der Waals surface area contributed by atoms with Gasteiger partial charge < -0.3 is 19.3 Å². The number of ether oxygens (including phenoxy) is 2. The monoisotopic (exact) mass is 385 g/mol. The van der Waals surface area contributed by atoms with Gasteiger partial charge in [0.1, 0.15) is 5.75 Å². The molecule has 1 aliphatic rings. The third-order valence-electron chi connectivity index (χ3n) is 4.36. The molecule has 146 valence electrons. The molecular weight excluding hydrogens is 366 g/mol. The fraction of sp³-hybridized carbons (Fsp3) is 0.263. The van der Waals surface area contributed by atoms with E-state index in [1.54, 1.807) is 38.4 Å². The lowest BCUT2D eigenvalue weighted by Gasteiger charge is -2.35. The van der Waals surface area contributed by atoms with E-state index in [1.807, 2.05) is 0 Å². The van der Waals surface area contributed by atoms with Crippen LogP contribution >= 0.6 is 0 Å². The average molecular weight is 385 g/mol. The highest BCUT2D eigenvalue weighted by atomic mass is 16.6. The Bertz CT molecular complexity index is 943. The fourth-order valence-electron chi connectivity index (χ4n) is 2.96. The zero-order valence-electron chi connectivity index (χ0n) is 15.6. The van der Waals surface area contributed by atoms with E-state index < -0.39 is 16.9 Å². The molecule has 0 spiro atoms. The Labute approximate surface area is 161 Å². The number of amides is 2. The summed E-state index contributed by atoms with van der Waals surface area (Å²) in [6.07, 6.45) is -0.873. The molecule has 0 unspecified atom stereocenters. The lowest BCUT2D eigenvalue weighted by atomic mass is 10.1. The van der Waals surface area contributed by atoms with Crippen LogP contribution in [0.25, 0.3) is 0 Å². The SMILES string of the molecule is COc1ccc(C(=O)N2C[C@@H](C(=O)N(C)C)Oc3ccccc32)cc1[N+](=O)[O-]. The minimum Gasteiger partial charge on any atom is -0.490 e. The van der Waals surface area contributed by atoms with Crippen LogP contribution in [0.3, 0.4) is 0 Å². The highest BCUT2D eigenvalue weighted by molar-refractivity contribution is 6.08. The van der Waals surface area contributed by atoms with Gasteiger partial charge in [0.05, 0.1) is 24.3 Å². The molecule has 2 amide bonds. The van der Waals surface area contributed by atoms with Gasteiger partial charge in [0.15, 0.2) is 11.9 Å². The van der Waals surface area contributed by atoms with Gasteiger partial charge in [0.25, 0.3) is 11.8 Å². The van der Waals surface area contributed by atoms with Crippen LogP contribution < -0.4 is 14.4 Å². The quantitative estimate of drug-likeness (QED) is 0.590. The second kappa shape index (κ2) is 7.55. The van der Waals surface area contributed by atoms with Crippen LogP contribution in [0.5, 0.6) is 11.5 Å². The zero-order valence-corrected chi connectivity index (χ0v) is 15.6. The van der Waals surface area contributed by atoms with Crippen molar-refractivity contribution in [1.29, 1.82) is 0 Å². The Morgan fingerprint density at radius 2 is 1.96 bits per heavy atom. The molecule has 0 aliphatic carbocycles. The number of para-hydroxylation sites is 2. The Hall–Kier alpha value is -3.62. The molecule has 28 heavy (non-hydrogen) atoms. The van der Waals surface area contributed by atoms with Crippen LogP contribution in [0.4, 0.5) is 11.4 Å². The van der Waals surface area contributed by atoms with E-state index in [-0.39, 0.29) is 29.5 Å². The van der Waals surface area contributed by atoms with Gasteiger partial charge in [-0.2, -0.15) is 0 Å². The van der Waals surface area contributed by atoms with E-state index in [9.17, 15) is 19.7 Å². The number of carbonyl (C=O) groups is 2. The molecule has 2 aromatic carbocycles. The van der Waals surface area contributed by atoms with E-state index in [4.69, 9.17) is 9.47 Å². The first kappa shape index (κ1) is 19.2. The zero-order chi connectivity index (χ0) is 20.4. The van der Waals surface area contributed by atoms with Gasteiger partial charge in [-0.15, -0.1) is 0 Å². The number of hydrogen-bond donors (Lipinski definition) is 0. The molecule has 1 atom stereocenters. The molecule has 0 saturated heterocycles. The summed E-state index contributed by atoms with van der Waals surface area (Å²) in [6.45, 7) is -0.00726. The van der Waals surface area contributed by atoms with Crippen molar-refractivity contribution in [3.63, 3.8) is 0 Å². The number of nitrogens with zero attached hydrogens (tertiary/aromatic N) is 3. The molecule has 1 aliphatic heterocycles. The number of anilines is 1. The lowest BCUT2D eigenvalue weighted by molar-refractivity contribution is -0.385. The van der Waals surface area contributed by atoms with Crippen LogP contribution in [0.1, 0.15) is 10.4 Å². The molecular formula is C19H19N3O6. The predicted molar refractivity (Wildman–Crippen MR) is 101 cm³/mol. The normalized spacial score (nSPS) is 15.2. The summed E-state index contributed by atoms with van der Waals surface area (Å²) in [7, 11) is 4.52. The van der Waals surface area contributed by atoms with Crippen LogP contribution in [0.2, 0.25) is 0 Å². The molecule has 9 heteroatoms. The molecule has 0 radical (unpaired) electrons. The van der Waals surface area contributed by atoms with Crippen LogP contribution in [0, 0.1) is 10.1 Å². The van der Waals surface area contributed by atoms with Gasteiger partial charge in [0, 0.05) is 25.7 Å². The number of rotatable bonds is 4. The van der Waals surface area contributed by atoms with Gasteiger partial charge >= 0.3 is 5.69 Å². The summed E-state index contributed by atoms with van der Waals surface area (Å²) in [6, 6.07) is 10.8. The van der Waals surface area contributed by atoms with E-state index in [1.165, 1.54) is 35.1 Å². The number of likely N-dealkylation sites (N-methyl/N-ethyl adjacent to an activating group) is 1. The molecule has 0 bridgehead atoms. The van der Waals surface area contributed by atoms with Crippen molar-refractivity contribution in [1.82, 2.24) is 4.90 Å². The molecule has 1 heterocycles. The summed E-state index contributed by atoms with van der Waals surface area (Å²) < 4.78 is 10.7. The van der Waals surface area contributed by atoms with Crippen molar-refractivity contribution in [2.24, 2.45) is 0 Å². The largest absolute Gasteiger partial charge is 0.490 e. The number of benzene rings is 2. The van der Waals surface area contributed by atoms with Gasteiger partial charge in [-0.05, 0) is 24.3 Å². The summed E-state index contributed by atoms with van der Waals surface area (Å²) >= 11 is 0. The summed E-state index contributed by atoms with van der Waals surface area (Å²) in [4.78, 5) is 39.0. The Balaban J connectivity index is 2.01. The standard InChI is InChI=1S/C19H19N3O6/c1-20(2)19(24)17-11-21(13-6-4-5-7-16(13)28-17)18(23)12-8-9-15(27-3)14(10-12)22(25)26/h4-10,17H,11H2,1-3H3/t17-/m0/s1. The van der Waals surface area contributed by atoms with Crippen molar-refractivity contribution in [3.05, 3.63) is 58.1 Å². The topological polar surface area (TPSA) is 102 Å². The maximum atomic E-state index is 13.2. The molecule has 0 N–H and O–H groups in total. The fourth-order valence-corrected chi connectivity index (χ4v) is 2.96. The van der Waals surface area contributed by atoms with Crippen LogP contribution in [-0.2, 0) is 4.79 Å². The number of nitro benzene ring substituents is 1.